The molecule has 1 heterocycles. The van der Waals surface area contributed by atoms with E-state index in [-0.39, 0.29) is 5.78 Å². The van der Waals surface area contributed by atoms with Gasteiger partial charge in [0.2, 0.25) is 5.95 Å². The van der Waals surface area contributed by atoms with Crippen LogP contribution < -0.4 is 5.32 Å². The summed E-state index contributed by atoms with van der Waals surface area (Å²) < 4.78 is 1.01. The number of carbonyl (C=O) groups excluding carboxylic acids is 1. The zero-order chi connectivity index (χ0) is 13.7. The molecule has 0 fully saturated rings. The summed E-state index contributed by atoms with van der Waals surface area (Å²) in [4.78, 5) is 19.3. The van der Waals surface area contributed by atoms with Crippen LogP contribution in [0.3, 0.4) is 0 Å². The first-order chi connectivity index (χ1) is 9.16. The molecule has 5 heteroatoms. The molecule has 98 valence electrons. The van der Waals surface area contributed by atoms with Gasteiger partial charge < -0.3 is 5.32 Å². The van der Waals surface area contributed by atoms with Gasteiger partial charge in [0.25, 0.3) is 0 Å². The second-order valence-corrected chi connectivity index (χ2v) is 5.01. The highest BCUT2D eigenvalue weighted by atomic mass is 79.9. The van der Waals surface area contributed by atoms with Crippen LogP contribution in [0.4, 0.5) is 5.95 Å². The van der Waals surface area contributed by atoms with Crippen molar-refractivity contribution in [3.05, 3.63) is 41.1 Å². The quantitative estimate of drug-likeness (QED) is 0.918. The lowest BCUT2D eigenvalue weighted by molar-refractivity contribution is -0.116. The third kappa shape index (κ3) is 3.86. The number of hydrogen-bond donors (Lipinski definition) is 1. The van der Waals surface area contributed by atoms with Crippen molar-refractivity contribution in [1.29, 1.82) is 0 Å². The number of hydrogen-bond acceptors (Lipinski definition) is 4. The fraction of sp³-hybridized carbons (Fsp3) is 0.214. The lowest BCUT2D eigenvalue weighted by Crippen LogP contribution is -2.08. The van der Waals surface area contributed by atoms with Gasteiger partial charge in [-0.25, -0.2) is 9.97 Å². The number of nitrogens with zero attached hydrogens (tertiary/aromatic N) is 2. The summed E-state index contributed by atoms with van der Waals surface area (Å²) in [6, 6.07) is 7.92. The molecule has 2 aromatic rings. The minimum absolute atomic E-state index is 0.150. The van der Waals surface area contributed by atoms with Crippen molar-refractivity contribution >= 4 is 27.7 Å². The lowest BCUT2D eigenvalue weighted by Gasteiger charge is -2.06. The van der Waals surface area contributed by atoms with Gasteiger partial charge >= 0.3 is 0 Å². The highest BCUT2D eigenvalue weighted by Gasteiger charge is 2.03. The van der Waals surface area contributed by atoms with Crippen molar-refractivity contribution in [1.82, 2.24) is 9.97 Å². The van der Waals surface area contributed by atoms with Crippen LogP contribution >= 0.6 is 15.9 Å². The van der Waals surface area contributed by atoms with Crippen molar-refractivity contribution in [2.24, 2.45) is 0 Å². The predicted molar refractivity (Wildman–Crippen MR) is 79.0 cm³/mol. The van der Waals surface area contributed by atoms with E-state index < -0.39 is 0 Å². The van der Waals surface area contributed by atoms with Gasteiger partial charge in [-0.2, -0.15) is 0 Å². The Hall–Kier alpha value is -1.75. The summed E-state index contributed by atoms with van der Waals surface area (Å²) in [5, 5.41) is 3.01. The van der Waals surface area contributed by atoms with Crippen LogP contribution in [0, 0.1) is 0 Å². The highest BCUT2D eigenvalue weighted by molar-refractivity contribution is 9.10. The normalized spacial score (nSPS) is 10.2. The molecular weight excluding hydrogens is 306 g/mol. The van der Waals surface area contributed by atoms with Crippen LogP contribution in [0.5, 0.6) is 0 Å². The van der Waals surface area contributed by atoms with E-state index in [1.807, 2.05) is 24.3 Å². The zero-order valence-corrected chi connectivity index (χ0v) is 12.1. The van der Waals surface area contributed by atoms with Crippen molar-refractivity contribution in [2.45, 2.75) is 13.3 Å². The van der Waals surface area contributed by atoms with Gasteiger partial charge in [0, 0.05) is 35.4 Å². The van der Waals surface area contributed by atoms with E-state index in [1.54, 1.807) is 19.3 Å². The molecule has 0 amide bonds. The Balaban J connectivity index is 2.06. The van der Waals surface area contributed by atoms with Gasteiger partial charge in [-0.1, -0.05) is 34.1 Å². The SMILES string of the molecule is CC(=O)CCNc1ncc(-c2ccccc2Br)cn1. The summed E-state index contributed by atoms with van der Waals surface area (Å²) in [6.45, 7) is 2.13. The summed E-state index contributed by atoms with van der Waals surface area (Å²) in [5.41, 5.74) is 2.00. The van der Waals surface area contributed by atoms with E-state index in [1.165, 1.54) is 0 Å². The van der Waals surface area contributed by atoms with Crippen molar-refractivity contribution in [3.8, 4) is 11.1 Å². The third-order valence-electron chi connectivity index (χ3n) is 2.60. The number of halogens is 1. The molecular formula is C14H14BrN3O. The topological polar surface area (TPSA) is 54.9 Å². The van der Waals surface area contributed by atoms with E-state index in [0.29, 0.717) is 18.9 Å². The maximum absolute atomic E-state index is 10.8. The van der Waals surface area contributed by atoms with Crippen molar-refractivity contribution in [3.63, 3.8) is 0 Å². The van der Waals surface area contributed by atoms with Crippen LogP contribution in [0.25, 0.3) is 11.1 Å². The van der Waals surface area contributed by atoms with Crippen LogP contribution in [-0.4, -0.2) is 22.3 Å². The maximum atomic E-state index is 10.8. The van der Waals surface area contributed by atoms with E-state index in [9.17, 15) is 4.79 Å². The van der Waals surface area contributed by atoms with Crippen LogP contribution in [0.2, 0.25) is 0 Å². The molecule has 0 aliphatic carbocycles. The second-order valence-electron chi connectivity index (χ2n) is 4.15. The fourth-order valence-electron chi connectivity index (χ4n) is 1.60. The summed E-state index contributed by atoms with van der Waals surface area (Å²) in [5.74, 6) is 0.689. The molecule has 0 spiro atoms. The molecule has 4 nitrogen and oxygen atoms in total. The molecule has 1 N–H and O–H groups in total. The molecule has 1 aromatic heterocycles. The molecule has 0 saturated heterocycles. The number of Topliss-reactive ketones (excluding diaryl/α,β-unsaturated/α-hetero) is 1. The Morgan fingerprint density at radius 2 is 1.95 bits per heavy atom. The Labute approximate surface area is 120 Å². The third-order valence-corrected chi connectivity index (χ3v) is 3.29. The molecule has 0 aliphatic rings. The molecule has 19 heavy (non-hydrogen) atoms. The van der Waals surface area contributed by atoms with E-state index in [2.05, 4.69) is 31.2 Å². The summed E-state index contributed by atoms with van der Waals surface area (Å²) in [6.07, 6.45) is 4.02. The first-order valence-electron chi connectivity index (χ1n) is 5.97. The molecule has 1 aromatic carbocycles. The number of rotatable bonds is 5. The van der Waals surface area contributed by atoms with Crippen LogP contribution in [0.15, 0.2) is 41.1 Å². The predicted octanol–water partition coefficient (Wildman–Crippen LogP) is 3.30. The first-order valence-corrected chi connectivity index (χ1v) is 6.76. The average Bonchev–Trinajstić information content (AvgIpc) is 2.40. The number of anilines is 1. The van der Waals surface area contributed by atoms with Crippen molar-refractivity contribution in [2.75, 3.05) is 11.9 Å². The van der Waals surface area contributed by atoms with Gasteiger partial charge in [-0.15, -0.1) is 0 Å². The number of carbonyl (C=O) groups is 1. The minimum atomic E-state index is 0.150. The Kier molecular flexibility index (Phi) is 4.63. The van der Waals surface area contributed by atoms with Crippen LogP contribution in [-0.2, 0) is 4.79 Å². The van der Waals surface area contributed by atoms with Gasteiger partial charge in [0.05, 0.1) is 0 Å². The van der Waals surface area contributed by atoms with Gasteiger partial charge in [0.15, 0.2) is 0 Å². The summed E-state index contributed by atoms with van der Waals surface area (Å²) >= 11 is 3.50. The zero-order valence-electron chi connectivity index (χ0n) is 10.6. The Morgan fingerprint density at radius 1 is 1.26 bits per heavy atom. The molecule has 0 bridgehead atoms. The Morgan fingerprint density at radius 3 is 2.58 bits per heavy atom. The maximum Gasteiger partial charge on any atom is 0.222 e. The van der Waals surface area contributed by atoms with E-state index in [0.717, 1.165) is 15.6 Å². The van der Waals surface area contributed by atoms with E-state index >= 15 is 0 Å². The van der Waals surface area contributed by atoms with Gasteiger partial charge in [-0.3, -0.25) is 4.79 Å². The lowest BCUT2D eigenvalue weighted by atomic mass is 10.1. The monoisotopic (exact) mass is 319 g/mol. The molecule has 0 radical (unpaired) electrons. The largest absolute Gasteiger partial charge is 0.354 e. The minimum Gasteiger partial charge on any atom is -0.354 e. The molecule has 0 atom stereocenters. The second kappa shape index (κ2) is 6.43. The number of nitrogens with one attached hydrogen (secondary N) is 1. The molecule has 0 saturated carbocycles. The summed E-state index contributed by atoms with van der Waals surface area (Å²) in [7, 11) is 0. The number of ketones is 1. The van der Waals surface area contributed by atoms with E-state index in [4.69, 9.17) is 0 Å². The smallest absolute Gasteiger partial charge is 0.222 e. The molecule has 0 aliphatic heterocycles. The molecule has 2 rings (SSSR count). The van der Waals surface area contributed by atoms with Gasteiger partial charge in [-0.05, 0) is 18.6 Å². The highest BCUT2D eigenvalue weighted by Crippen LogP contribution is 2.26. The first kappa shape index (κ1) is 13.7. The molecule has 0 unspecified atom stereocenters. The van der Waals surface area contributed by atoms with Crippen molar-refractivity contribution < 1.29 is 4.79 Å². The number of aromatic nitrogens is 2. The average molecular weight is 320 g/mol. The fourth-order valence-corrected chi connectivity index (χ4v) is 2.12. The number of benzene rings is 1. The Bertz CT molecular complexity index is 569. The standard InChI is InChI=1S/C14H14BrN3O/c1-10(19)6-7-16-14-17-8-11(9-18-14)12-4-2-3-5-13(12)15/h2-5,8-9H,6-7H2,1H3,(H,16,17,18). The van der Waals surface area contributed by atoms with Gasteiger partial charge in [0.1, 0.15) is 5.78 Å². The van der Waals surface area contributed by atoms with Crippen LogP contribution in [0.1, 0.15) is 13.3 Å².